The van der Waals surface area contributed by atoms with Gasteiger partial charge in [0, 0.05) is 30.7 Å². The van der Waals surface area contributed by atoms with Gasteiger partial charge in [-0.2, -0.15) is 0 Å². The first-order valence-electron chi connectivity index (χ1n) is 5.80. The number of ether oxygens (including phenoxy) is 1. The van der Waals surface area contributed by atoms with Gasteiger partial charge in [-0.1, -0.05) is 34.1 Å². The summed E-state index contributed by atoms with van der Waals surface area (Å²) in [6, 6.07) is 8.50. The molecule has 0 unspecified atom stereocenters. The number of nitrogens with zero attached hydrogens (tertiary/aromatic N) is 1. The third kappa shape index (κ3) is 3.80. The maximum absolute atomic E-state index is 5.41. The summed E-state index contributed by atoms with van der Waals surface area (Å²) in [7, 11) is 0. The maximum Gasteiger partial charge on any atom is 0.0641 e. The van der Waals surface area contributed by atoms with Crippen molar-refractivity contribution in [3.8, 4) is 0 Å². The second kappa shape index (κ2) is 7.69. The molecule has 1 aromatic carbocycles. The minimum atomic E-state index is 0.789. The molecule has 0 saturated carbocycles. The predicted molar refractivity (Wildman–Crippen MR) is 73.5 cm³/mol. The van der Waals surface area contributed by atoms with Gasteiger partial charge in [-0.15, -0.1) is 0 Å². The van der Waals surface area contributed by atoms with E-state index in [1.807, 2.05) is 6.92 Å². The number of alkyl halides is 1. The van der Waals surface area contributed by atoms with Crippen molar-refractivity contribution in [1.82, 2.24) is 0 Å². The van der Waals surface area contributed by atoms with E-state index in [0.29, 0.717) is 0 Å². The van der Waals surface area contributed by atoms with Gasteiger partial charge in [0.1, 0.15) is 0 Å². The molecular formula is C13H20BrNO. The number of hydrogen-bond donors (Lipinski definition) is 0. The fraction of sp³-hybridized carbons (Fsp3) is 0.538. The number of benzene rings is 1. The molecule has 2 nitrogen and oxygen atoms in total. The largest absolute Gasteiger partial charge is 0.380 e. The number of anilines is 1. The summed E-state index contributed by atoms with van der Waals surface area (Å²) in [6.07, 6.45) is 0. The number of rotatable bonds is 7. The number of hydrogen-bond acceptors (Lipinski definition) is 2. The van der Waals surface area contributed by atoms with Crippen molar-refractivity contribution < 1.29 is 4.74 Å². The summed E-state index contributed by atoms with van der Waals surface area (Å²) in [5.74, 6) is 0. The third-order valence-electron chi connectivity index (χ3n) is 2.57. The molecule has 0 fully saturated rings. The molecular weight excluding hydrogens is 266 g/mol. The zero-order valence-corrected chi connectivity index (χ0v) is 11.7. The first kappa shape index (κ1) is 13.5. The molecule has 0 bridgehead atoms. The molecule has 0 heterocycles. The molecule has 90 valence electrons. The Morgan fingerprint density at radius 3 is 2.62 bits per heavy atom. The van der Waals surface area contributed by atoms with E-state index in [4.69, 9.17) is 4.74 Å². The molecule has 0 atom stereocenters. The zero-order chi connectivity index (χ0) is 11.8. The van der Waals surface area contributed by atoms with Crippen LogP contribution in [-0.2, 0) is 10.1 Å². The van der Waals surface area contributed by atoms with Crippen LogP contribution in [0.4, 0.5) is 5.69 Å². The summed E-state index contributed by atoms with van der Waals surface area (Å²) < 4.78 is 5.41. The lowest BCUT2D eigenvalue weighted by Crippen LogP contribution is -2.27. The molecule has 0 amide bonds. The van der Waals surface area contributed by atoms with Gasteiger partial charge in [-0.05, 0) is 25.5 Å². The van der Waals surface area contributed by atoms with Crippen LogP contribution in [0.5, 0.6) is 0 Å². The first-order valence-corrected chi connectivity index (χ1v) is 6.92. The van der Waals surface area contributed by atoms with E-state index in [0.717, 1.165) is 31.6 Å². The lowest BCUT2D eigenvalue weighted by Gasteiger charge is -2.25. The molecule has 0 radical (unpaired) electrons. The Kier molecular flexibility index (Phi) is 6.50. The Bertz CT molecular complexity index is 304. The highest BCUT2D eigenvalue weighted by molar-refractivity contribution is 9.08. The topological polar surface area (TPSA) is 12.5 Å². The Hall–Kier alpha value is -0.540. The van der Waals surface area contributed by atoms with E-state index in [1.54, 1.807) is 0 Å². The fourth-order valence-electron chi connectivity index (χ4n) is 1.70. The monoisotopic (exact) mass is 285 g/mol. The van der Waals surface area contributed by atoms with E-state index >= 15 is 0 Å². The van der Waals surface area contributed by atoms with Gasteiger partial charge >= 0.3 is 0 Å². The molecule has 0 aromatic heterocycles. The van der Waals surface area contributed by atoms with Crippen LogP contribution < -0.4 is 4.90 Å². The van der Waals surface area contributed by atoms with Crippen LogP contribution in [0.2, 0.25) is 0 Å². The SMILES string of the molecule is CCOCCN(CC)c1ccccc1CBr. The van der Waals surface area contributed by atoms with E-state index in [9.17, 15) is 0 Å². The van der Waals surface area contributed by atoms with Crippen LogP contribution in [0.1, 0.15) is 19.4 Å². The molecule has 0 spiro atoms. The quantitative estimate of drug-likeness (QED) is 0.562. The average Bonchev–Trinajstić information content (AvgIpc) is 2.35. The maximum atomic E-state index is 5.41. The van der Waals surface area contributed by atoms with Gasteiger partial charge < -0.3 is 9.64 Å². The van der Waals surface area contributed by atoms with Crippen molar-refractivity contribution >= 4 is 21.6 Å². The molecule has 1 rings (SSSR count). The van der Waals surface area contributed by atoms with Gasteiger partial charge in [0.05, 0.1) is 6.61 Å². The molecule has 1 aromatic rings. The molecule has 0 aliphatic rings. The summed E-state index contributed by atoms with van der Waals surface area (Å²) in [5, 5.41) is 0.897. The predicted octanol–water partition coefficient (Wildman–Crippen LogP) is 3.44. The van der Waals surface area contributed by atoms with Gasteiger partial charge in [-0.3, -0.25) is 0 Å². The van der Waals surface area contributed by atoms with E-state index in [1.165, 1.54) is 11.3 Å². The third-order valence-corrected chi connectivity index (χ3v) is 3.17. The van der Waals surface area contributed by atoms with Crippen LogP contribution >= 0.6 is 15.9 Å². The molecule has 16 heavy (non-hydrogen) atoms. The van der Waals surface area contributed by atoms with E-state index in [-0.39, 0.29) is 0 Å². The first-order chi connectivity index (χ1) is 7.83. The van der Waals surface area contributed by atoms with Crippen molar-refractivity contribution in [2.45, 2.75) is 19.2 Å². The molecule has 0 N–H and O–H groups in total. The second-order valence-electron chi connectivity index (χ2n) is 3.54. The number of likely N-dealkylation sites (N-methyl/N-ethyl adjacent to an activating group) is 1. The number of para-hydroxylation sites is 1. The van der Waals surface area contributed by atoms with Crippen LogP contribution in [0.3, 0.4) is 0 Å². The summed E-state index contributed by atoms with van der Waals surface area (Å²) in [6.45, 7) is 7.75. The van der Waals surface area contributed by atoms with E-state index in [2.05, 4.69) is 52.0 Å². The van der Waals surface area contributed by atoms with Crippen LogP contribution in [-0.4, -0.2) is 26.3 Å². The Balaban J connectivity index is 2.69. The fourth-order valence-corrected chi connectivity index (χ4v) is 2.17. The highest BCUT2D eigenvalue weighted by Crippen LogP contribution is 2.22. The minimum Gasteiger partial charge on any atom is -0.380 e. The molecule has 3 heteroatoms. The van der Waals surface area contributed by atoms with Crippen molar-refractivity contribution in [3.05, 3.63) is 29.8 Å². The Labute approximate surface area is 107 Å². The normalized spacial score (nSPS) is 10.4. The number of halogens is 1. The Morgan fingerprint density at radius 2 is 2.00 bits per heavy atom. The minimum absolute atomic E-state index is 0.789. The zero-order valence-electron chi connectivity index (χ0n) is 10.1. The molecule has 0 aliphatic carbocycles. The highest BCUT2D eigenvalue weighted by Gasteiger charge is 2.07. The lowest BCUT2D eigenvalue weighted by atomic mass is 10.2. The second-order valence-corrected chi connectivity index (χ2v) is 4.10. The van der Waals surface area contributed by atoms with Crippen LogP contribution in [0.25, 0.3) is 0 Å². The van der Waals surface area contributed by atoms with Crippen molar-refractivity contribution in [1.29, 1.82) is 0 Å². The van der Waals surface area contributed by atoms with Gasteiger partial charge in [0.2, 0.25) is 0 Å². The standard InChI is InChI=1S/C13H20BrNO/c1-3-15(9-10-16-4-2)13-8-6-5-7-12(13)11-14/h5-8H,3-4,9-11H2,1-2H3. The Morgan fingerprint density at radius 1 is 1.25 bits per heavy atom. The summed E-state index contributed by atoms with van der Waals surface area (Å²) >= 11 is 3.53. The van der Waals surface area contributed by atoms with E-state index < -0.39 is 0 Å². The van der Waals surface area contributed by atoms with Gasteiger partial charge in [-0.25, -0.2) is 0 Å². The van der Waals surface area contributed by atoms with Crippen LogP contribution in [0.15, 0.2) is 24.3 Å². The lowest BCUT2D eigenvalue weighted by molar-refractivity contribution is 0.154. The van der Waals surface area contributed by atoms with Gasteiger partial charge in [0.15, 0.2) is 0 Å². The van der Waals surface area contributed by atoms with Crippen LogP contribution in [0, 0.1) is 0 Å². The van der Waals surface area contributed by atoms with Gasteiger partial charge in [0.25, 0.3) is 0 Å². The molecule has 0 saturated heterocycles. The van der Waals surface area contributed by atoms with Crippen molar-refractivity contribution in [2.75, 3.05) is 31.2 Å². The van der Waals surface area contributed by atoms with Crippen molar-refractivity contribution in [2.24, 2.45) is 0 Å². The molecule has 0 aliphatic heterocycles. The van der Waals surface area contributed by atoms with Crippen molar-refractivity contribution in [3.63, 3.8) is 0 Å². The smallest absolute Gasteiger partial charge is 0.0641 e. The highest BCUT2D eigenvalue weighted by atomic mass is 79.9. The summed E-state index contributed by atoms with van der Waals surface area (Å²) in [5.41, 5.74) is 2.64. The average molecular weight is 286 g/mol. The summed E-state index contributed by atoms with van der Waals surface area (Å²) in [4.78, 5) is 2.35.